The lowest BCUT2D eigenvalue weighted by atomic mass is 10.0. The predicted octanol–water partition coefficient (Wildman–Crippen LogP) is 1.88. The maximum atomic E-state index is 5.92. The minimum absolute atomic E-state index is 0.327. The smallest absolute Gasteiger partial charge is 0.0467 e. The highest BCUT2D eigenvalue weighted by Gasteiger charge is 2.14. The van der Waals surface area contributed by atoms with Crippen LogP contribution in [0, 0.1) is 6.92 Å². The van der Waals surface area contributed by atoms with Gasteiger partial charge in [-0.05, 0) is 53.1 Å². The van der Waals surface area contributed by atoms with Gasteiger partial charge in [0.2, 0.25) is 0 Å². The first kappa shape index (κ1) is 15.2. The second kappa shape index (κ2) is 7.52. The van der Waals surface area contributed by atoms with Crippen molar-refractivity contribution in [2.24, 2.45) is 5.73 Å². The van der Waals surface area contributed by atoms with Gasteiger partial charge in [0.05, 0.1) is 0 Å². The van der Waals surface area contributed by atoms with Crippen LogP contribution >= 0.6 is 0 Å². The zero-order valence-corrected chi connectivity index (χ0v) is 12.2. The molecule has 1 aromatic rings. The largest absolute Gasteiger partial charge is 0.329 e. The molecule has 1 rings (SSSR count). The molecule has 0 saturated heterocycles. The molecule has 0 aliphatic rings. The van der Waals surface area contributed by atoms with Crippen molar-refractivity contribution < 1.29 is 0 Å². The van der Waals surface area contributed by atoms with Crippen LogP contribution in [-0.4, -0.2) is 50.6 Å². The van der Waals surface area contributed by atoms with Gasteiger partial charge in [-0.3, -0.25) is 4.90 Å². The topological polar surface area (TPSA) is 32.5 Å². The third kappa shape index (κ3) is 4.77. The lowest BCUT2D eigenvalue weighted by Gasteiger charge is -2.28. The number of hydrogen-bond acceptors (Lipinski definition) is 3. The van der Waals surface area contributed by atoms with Crippen molar-refractivity contribution in [1.82, 2.24) is 9.80 Å². The average molecular weight is 249 g/mol. The molecule has 0 aliphatic heterocycles. The highest BCUT2D eigenvalue weighted by atomic mass is 15.1. The van der Waals surface area contributed by atoms with E-state index < -0.39 is 0 Å². The summed E-state index contributed by atoms with van der Waals surface area (Å²) in [7, 11) is 6.38. The molecule has 0 spiro atoms. The molecule has 1 unspecified atom stereocenters. The Morgan fingerprint density at radius 2 is 1.67 bits per heavy atom. The summed E-state index contributed by atoms with van der Waals surface area (Å²) in [4.78, 5) is 4.57. The Kier molecular flexibility index (Phi) is 6.33. The van der Waals surface area contributed by atoms with E-state index in [9.17, 15) is 0 Å². The highest BCUT2D eigenvalue weighted by molar-refractivity contribution is 5.24. The first-order valence-corrected chi connectivity index (χ1v) is 6.66. The van der Waals surface area contributed by atoms with E-state index in [1.165, 1.54) is 17.5 Å². The van der Waals surface area contributed by atoms with Gasteiger partial charge >= 0.3 is 0 Å². The summed E-state index contributed by atoms with van der Waals surface area (Å²) >= 11 is 0. The summed E-state index contributed by atoms with van der Waals surface area (Å²) < 4.78 is 0. The molecule has 3 heteroatoms. The molecule has 0 bridgehead atoms. The fourth-order valence-corrected chi connectivity index (χ4v) is 2.15. The van der Waals surface area contributed by atoms with Crippen LogP contribution < -0.4 is 5.73 Å². The molecule has 1 aromatic carbocycles. The molecule has 0 saturated carbocycles. The maximum Gasteiger partial charge on any atom is 0.0467 e. The first-order valence-electron chi connectivity index (χ1n) is 6.66. The highest BCUT2D eigenvalue weighted by Crippen LogP contribution is 2.18. The number of likely N-dealkylation sites (N-methyl/N-ethyl adjacent to an activating group) is 1. The Labute approximate surface area is 112 Å². The van der Waals surface area contributed by atoms with Gasteiger partial charge in [-0.1, -0.05) is 29.8 Å². The van der Waals surface area contributed by atoms with Gasteiger partial charge in [0.15, 0.2) is 0 Å². The summed E-state index contributed by atoms with van der Waals surface area (Å²) in [5, 5.41) is 0. The van der Waals surface area contributed by atoms with Gasteiger partial charge in [0.1, 0.15) is 0 Å². The fourth-order valence-electron chi connectivity index (χ4n) is 2.15. The predicted molar refractivity (Wildman–Crippen MR) is 78.8 cm³/mol. The van der Waals surface area contributed by atoms with Gasteiger partial charge in [-0.15, -0.1) is 0 Å². The number of nitrogens with two attached hydrogens (primary N) is 1. The second-order valence-electron chi connectivity index (χ2n) is 5.30. The maximum absolute atomic E-state index is 5.92. The van der Waals surface area contributed by atoms with Crippen molar-refractivity contribution in [3.63, 3.8) is 0 Å². The van der Waals surface area contributed by atoms with Crippen molar-refractivity contribution in [3.8, 4) is 0 Å². The molecule has 102 valence electrons. The summed E-state index contributed by atoms with van der Waals surface area (Å²) in [6.45, 7) is 4.98. The molecule has 0 aromatic heterocycles. The van der Waals surface area contributed by atoms with E-state index in [4.69, 9.17) is 5.73 Å². The van der Waals surface area contributed by atoms with Crippen LogP contribution in [0.5, 0.6) is 0 Å². The Morgan fingerprint density at radius 3 is 2.17 bits per heavy atom. The molecule has 0 heterocycles. The molecule has 0 radical (unpaired) electrons. The van der Waals surface area contributed by atoms with Crippen LogP contribution in [0.2, 0.25) is 0 Å². The summed E-state index contributed by atoms with van der Waals surface area (Å²) in [5.41, 5.74) is 8.53. The molecule has 18 heavy (non-hydrogen) atoms. The van der Waals surface area contributed by atoms with E-state index in [0.717, 1.165) is 13.1 Å². The first-order chi connectivity index (χ1) is 8.54. The molecule has 0 aliphatic carbocycles. The van der Waals surface area contributed by atoms with Crippen LogP contribution in [-0.2, 0) is 0 Å². The number of hydrogen-bond donors (Lipinski definition) is 1. The number of rotatable bonds is 7. The third-order valence-electron chi connectivity index (χ3n) is 3.33. The van der Waals surface area contributed by atoms with Crippen molar-refractivity contribution in [2.45, 2.75) is 19.4 Å². The van der Waals surface area contributed by atoms with Crippen molar-refractivity contribution in [1.29, 1.82) is 0 Å². The molecular formula is C15H27N3. The van der Waals surface area contributed by atoms with Crippen LogP contribution in [0.15, 0.2) is 24.3 Å². The van der Waals surface area contributed by atoms with Crippen molar-refractivity contribution in [2.75, 3.05) is 40.8 Å². The summed E-state index contributed by atoms with van der Waals surface area (Å²) in [6, 6.07) is 9.02. The minimum Gasteiger partial charge on any atom is -0.329 e. The quantitative estimate of drug-likeness (QED) is 0.801. The Bertz CT molecular complexity index is 332. The molecule has 0 fully saturated rings. The minimum atomic E-state index is 0.327. The number of benzene rings is 1. The van der Waals surface area contributed by atoms with Gasteiger partial charge in [0, 0.05) is 12.6 Å². The van der Waals surface area contributed by atoms with E-state index in [-0.39, 0.29) is 0 Å². The average Bonchev–Trinajstić information content (AvgIpc) is 2.32. The SMILES string of the molecule is Cc1ccc(C(CN)N(C)CCCN(C)C)cc1. The van der Waals surface area contributed by atoms with Gasteiger partial charge in [-0.2, -0.15) is 0 Å². The van der Waals surface area contributed by atoms with Gasteiger partial charge < -0.3 is 10.6 Å². The Morgan fingerprint density at radius 1 is 1.06 bits per heavy atom. The van der Waals surface area contributed by atoms with E-state index in [1.807, 2.05) is 0 Å². The van der Waals surface area contributed by atoms with E-state index in [1.54, 1.807) is 0 Å². The summed E-state index contributed by atoms with van der Waals surface area (Å²) in [6.07, 6.45) is 1.17. The standard InChI is InChI=1S/C15H27N3/c1-13-6-8-14(9-7-13)15(12-16)18(4)11-5-10-17(2)3/h6-9,15H,5,10-12,16H2,1-4H3. The molecule has 3 nitrogen and oxygen atoms in total. The lowest BCUT2D eigenvalue weighted by molar-refractivity contribution is 0.235. The lowest BCUT2D eigenvalue weighted by Crippen LogP contribution is -2.32. The van der Waals surface area contributed by atoms with Crippen LogP contribution in [0.4, 0.5) is 0 Å². The second-order valence-corrected chi connectivity index (χ2v) is 5.30. The Hall–Kier alpha value is -0.900. The molecule has 2 N–H and O–H groups in total. The van der Waals surface area contributed by atoms with E-state index >= 15 is 0 Å². The third-order valence-corrected chi connectivity index (χ3v) is 3.33. The zero-order chi connectivity index (χ0) is 13.5. The van der Waals surface area contributed by atoms with Crippen molar-refractivity contribution >= 4 is 0 Å². The van der Waals surface area contributed by atoms with Crippen LogP contribution in [0.25, 0.3) is 0 Å². The zero-order valence-electron chi connectivity index (χ0n) is 12.2. The number of nitrogens with zero attached hydrogens (tertiary/aromatic N) is 2. The van der Waals surface area contributed by atoms with Crippen LogP contribution in [0.1, 0.15) is 23.6 Å². The fraction of sp³-hybridized carbons (Fsp3) is 0.600. The Balaban J connectivity index is 2.56. The van der Waals surface area contributed by atoms with Crippen molar-refractivity contribution in [3.05, 3.63) is 35.4 Å². The van der Waals surface area contributed by atoms with Crippen LogP contribution in [0.3, 0.4) is 0 Å². The van der Waals surface area contributed by atoms with Gasteiger partial charge in [-0.25, -0.2) is 0 Å². The normalized spacial score (nSPS) is 13.3. The van der Waals surface area contributed by atoms with E-state index in [0.29, 0.717) is 12.6 Å². The number of aryl methyl sites for hydroxylation is 1. The molecule has 0 amide bonds. The molecular weight excluding hydrogens is 222 g/mol. The molecule has 1 atom stereocenters. The van der Waals surface area contributed by atoms with Gasteiger partial charge in [0.25, 0.3) is 0 Å². The monoisotopic (exact) mass is 249 g/mol. The summed E-state index contributed by atoms with van der Waals surface area (Å²) in [5.74, 6) is 0. The van der Waals surface area contributed by atoms with E-state index in [2.05, 4.69) is 62.1 Å².